The fraction of sp³-hybridized carbons (Fsp3) is 0.515. The van der Waals surface area contributed by atoms with E-state index in [4.69, 9.17) is 16.7 Å². The van der Waals surface area contributed by atoms with Gasteiger partial charge in [-0.1, -0.05) is 13.8 Å². The van der Waals surface area contributed by atoms with Crippen LogP contribution in [0, 0.1) is 12.5 Å². The molecule has 0 saturated carbocycles. The first kappa shape index (κ1) is 34.4. The van der Waals surface area contributed by atoms with Crippen LogP contribution in [-0.2, 0) is 23.9 Å². The van der Waals surface area contributed by atoms with Crippen LogP contribution in [0.2, 0.25) is 0 Å². The number of hydrogen-bond acceptors (Lipinski definition) is 9. The van der Waals surface area contributed by atoms with Gasteiger partial charge in [-0.15, -0.1) is 11.3 Å². The number of carboxylic acid groups (broad SMARTS) is 1. The number of Topliss-reactive ketones (excluding diaryl/α,β-unsaturated/α-hetero) is 1. The van der Waals surface area contributed by atoms with Crippen LogP contribution >= 0.6 is 11.3 Å². The number of halogens is 3. The van der Waals surface area contributed by atoms with Crippen LogP contribution in [0.3, 0.4) is 0 Å². The number of hydrogen-bond donors (Lipinski definition) is 1. The summed E-state index contributed by atoms with van der Waals surface area (Å²) in [6.07, 6.45) is 0.430. The average molecular weight is 670 g/mol. The zero-order chi connectivity index (χ0) is 33.9. The number of anilines is 1. The Hall–Kier alpha value is -3.93. The van der Waals surface area contributed by atoms with Crippen LogP contribution in [0.1, 0.15) is 66.0 Å². The first-order chi connectivity index (χ1) is 22.3. The van der Waals surface area contributed by atoms with Gasteiger partial charge in [0.15, 0.2) is 11.5 Å². The highest BCUT2D eigenvalue weighted by atomic mass is 32.1. The van der Waals surface area contributed by atoms with Crippen LogP contribution in [0.15, 0.2) is 30.6 Å². The van der Waals surface area contributed by atoms with Crippen molar-refractivity contribution in [2.45, 2.75) is 71.3 Å². The molecule has 2 fully saturated rings. The summed E-state index contributed by atoms with van der Waals surface area (Å²) < 4.78 is 41.3. The predicted octanol–water partition coefficient (Wildman–Crippen LogP) is 6.20. The van der Waals surface area contributed by atoms with Crippen LogP contribution in [0.4, 0.5) is 24.7 Å². The van der Waals surface area contributed by atoms with Gasteiger partial charge in [-0.2, -0.15) is 13.2 Å². The summed E-state index contributed by atoms with van der Waals surface area (Å²) in [5.41, 5.74) is -0.309. The predicted molar refractivity (Wildman–Crippen MR) is 173 cm³/mol. The third-order valence-electron chi connectivity index (χ3n) is 8.80. The molecule has 0 aliphatic carbocycles. The normalized spacial score (nSPS) is 19.3. The fourth-order valence-electron chi connectivity index (χ4n) is 6.44. The SMILES string of the molecule is [C-]#[N+]c1cc(-c2nc(CC(=O)c3cnc(N4CCN(CCC(=O)O)C[C@H]4C)cn3)sc2CN2CCC[C@H]2C(C)C)cc(C(F)(F)F)c1. The minimum atomic E-state index is -4.63. The molecular weight excluding hydrogens is 631 g/mol. The van der Waals surface area contributed by atoms with E-state index in [1.165, 1.54) is 23.6 Å². The first-order valence-corrected chi connectivity index (χ1v) is 16.5. The van der Waals surface area contributed by atoms with Crippen molar-refractivity contribution in [1.82, 2.24) is 24.8 Å². The van der Waals surface area contributed by atoms with E-state index in [0.29, 0.717) is 61.2 Å². The van der Waals surface area contributed by atoms with Gasteiger partial charge in [0.25, 0.3) is 0 Å². The molecule has 14 heteroatoms. The second-order valence-electron chi connectivity index (χ2n) is 12.5. The van der Waals surface area contributed by atoms with Crippen molar-refractivity contribution in [2.75, 3.05) is 37.6 Å². The standard InChI is InChI=1S/C33H38F3N7O3S/c1-20(2)26-6-5-8-42(26)19-28-32(22-12-23(33(34,35)36)14-24(13-22)37-4)40-30(47-28)15-27(44)25-16-39-29(17-38-25)43-11-10-41(18-21(43)3)9-7-31(45)46/h12-14,16-17,20-21,26H,5-11,15,18-19H2,1-3H3,(H,45,46)/t21-,26+/m1/s1. The molecule has 0 bridgehead atoms. The highest BCUT2D eigenvalue weighted by Crippen LogP contribution is 2.39. The summed E-state index contributed by atoms with van der Waals surface area (Å²) in [6, 6.07) is 3.70. The number of aromatic nitrogens is 3. The van der Waals surface area contributed by atoms with E-state index in [1.807, 2.05) is 6.92 Å². The van der Waals surface area contributed by atoms with Gasteiger partial charge in [0, 0.05) is 55.2 Å². The zero-order valence-corrected chi connectivity index (χ0v) is 27.4. The fourth-order valence-corrected chi connectivity index (χ4v) is 7.56. The largest absolute Gasteiger partial charge is 0.481 e. The van der Waals surface area contributed by atoms with Gasteiger partial charge < -0.3 is 10.0 Å². The molecule has 2 aliphatic heterocycles. The summed E-state index contributed by atoms with van der Waals surface area (Å²) in [4.78, 5) is 48.4. The number of aliphatic carboxylic acids is 1. The second-order valence-corrected chi connectivity index (χ2v) is 13.7. The first-order valence-electron chi connectivity index (χ1n) is 15.7. The van der Waals surface area contributed by atoms with E-state index in [9.17, 15) is 22.8 Å². The van der Waals surface area contributed by atoms with E-state index in [-0.39, 0.29) is 41.6 Å². The molecule has 4 heterocycles. The van der Waals surface area contributed by atoms with Gasteiger partial charge in [-0.3, -0.25) is 19.4 Å². The van der Waals surface area contributed by atoms with Gasteiger partial charge >= 0.3 is 12.1 Å². The van der Waals surface area contributed by atoms with Crippen molar-refractivity contribution >= 4 is 34.6 Å². The Morgan fingerprint density at radius 1 is 1.15 bits per heavy atom. The quantitative estimate of drug-likeness (QED) is 0.189. The zero-order valence-electron chi connectivity index (χ0n) is 26.6. The van der Waals surface area contributed by atoms with Gasteiger partial charge in [0.2, 0.25) is 0 Å². The summed E-state index contributed by atoms with van der Waals surface area (Å²) in [5, 5.41) is 9.43. The maximum Gasteiger partial charge on any atom is 0.415 e. The Morgan fingerprint density at radius 3 is 2.57 bits per heavy atom. The molecule has 0 spiro atoms. The second kappa shape index (κ2) is 14.5. The summed E-state index contributed by atoms with van der Waals surface area (Å²) in [5.74, 6) is -0.110. The van der Waals surface area contributed by atoms with Crippen LogP contribution in [0.5, 0.6) is 0 Å². The Kier molecular flexibility index (Phi) is 10.6. The number of piperazine rings is 1. The van der Waals surface area contributed by atoms with E-state index >= 15 is 0 Å². The molecule has 2 aliphatic rings. The summed E-state index contributed by atoms with van der Waals surface area (Å²) in [6.45, 7) is 17.6. The van der Waals surface area contributed by atoms with Crippen molar-refractivity contribution in [3.05, 3.63) is 63.2 Å². The Bertz CT molecular complexity index is 1640. The van der Waals surface area contributed by atoms with Crippen LogP contribution < -0.4 is 4.90 Å². The van der Waals surface area contributed by atoms with E-state index in [1.54, 1.807) is 6.20 Å². The third kappa shape index (κ3) is 8.33. The Labute approximate surface area is 276 Å². The lowest BCUT2D eigenvalue weighted by molar-refractivity contribution is -0.138. The molecule has 47 heavy (non-hydrogen) atoms. The number of likely N-dealkylation sites (tertiary alicyclic amines) is 1. The lowest BCUT2D eigenvalue weighted by atomic mass is 10.0. The maximum atomic E-state index is 13.8. The third-order valence-corrected chi connectivity index (χ3v) is 9.84. The number of nitrogens with zero attached hydrogens (tertiary/aromatic N) is 7. The number of benzene rings is 1. The molecule has 0 amide bonds. The van der Waals surface area contributed by atoms with Crippen molar-refractivity contribution < 1.29 is 27.9 Å². The highest BCUT2D eigenvalue weighted by Gasteiger charge is 2.33. The molecule has 2 atom stereocenters. The minimum Gasteiger partial charge on any atom is -0.481 e. The van der Waals surface area contributed by atoms with Gasteiger partial charge in [-0.05, 0) is 56.0 Å². The minimum absolute atomic E-state index is 0.0747. The lowest BCUT2D eigenvalue weighted by Gasteiger charge is -2.40. The van der Waals surface area contributed by atoms with Crippen LogP contribution in [-0.4, -0.2) is 86.4 Å². The topological polar surface area (TPSA) is 107 Å². The maximum absolute atomic E-state index is 13.8. The van der Waals surface area contributed by atoms with E-state index < -0.39 is 17.7 Å². The number of ketones is 1. The molecule has 10 nitrogen and oxygen atoms in total. The Morgan fingerprint density at radius 2 is 1.94 bits per heavy atom. The average Bonchev–Trinajstić information content (AvgIpc) is 3.66. The molecule has 1 N–H and O–H groups in total. The molecule has 5 rings (SSSR count). The van der Waals surface area contributed by atoms with E-state index in [0.717, 1.165) is 36.4 Å². The molecular formula is C33H38F3N7O3S. The molecule has 1 aromatic carbocycles. The van der Waals surface area contributed by atoms with Gasteiger partial charge in [0.05, 0.1) is 37.5 Å². The summed E-state index contributed by atoms with van der Waals surface area (Å²) in [7, 11) is 0. The molecule has 2 aromatic heterocycles. The Balaban J connectivity index is 1.36. The molecule has 2 saturated heterocycles. The van der Waals surface area contributed by atoms with Crippen molar-refractivity contribution in [3.8, 4) is 11.3 Å². The number of rotatable bonds is 11. The number of thiazole rings is 1. The lowest BCUT2D eigenvalue weighted by Crippen LogP contribution is -2.52. The monoisotopic (exact) mass is 669 g/mol. The van der Waals surface area contributed by atoms with Crippen LogP contribution in [0.25, 0.3) is 16.1 Å². The molecule has 250 valence electrons. The number of carboxylic acids is 1. The van der Waals surface area contributed by atoms with Crippen molar-refractivity contribution in [3.63, 3.8) is 0 Å². The van der Waals surface area contributed by atoms with Crippen molar-refractivity contribution in [1.29, 1.82) is 0 Å². The van der Waals surface area contributed by atoms with E-state index in [2.05, 4.69) is 43.4 Å². The molecule has 0 radical (unpaired) electrons. The smallest absolute Gasteiger partial charge is 0.415 e. The molecule has 3 aromatic rings. The van der Waals surface area contributed by atoms with Gasteiger partial charge in [0.1, 0.15) is 16.5 Å². The highest BCUT2D eigenvalue weighted by molar-refractivity contribution is 7.12. The number of carbonyl (C=O) groups is 2. The van der Waals surface area contributed by atoms with Gasteiger partial charge in [-0.25, -0.2) is 19.8 Å². The number of alkyl halides is 3. The number of carbonyl (C=O) groups excluding carboxylic acids is 1. The summed E-state index contributed by atoms with van der Waals surface area (Å²) >= 11 is 1.31. The molecule has 0 unspecified atom stereocenters. The van der Waals surface area contributed by atoms with Crippen molar-refractivity contribution in [2.24, 2.45) is 5.92 Å².